The van der Waals surface area contributed by atoms with E-state index in [9.17, 15) is 5.11 Å². The van der Waals surface area contributed by atoms with Gasteiger partial charge < -0.3 is 20.4 Å². The number of rotatable bonds is 5. The molecule has 0 aliphatic carbocycles. The molecule has 0 radical (unpaired) electrons. The minimum absolute atomic E-state index is 0.0731. The second-order valence-electron chi connectivity index (χ2n) is 3.50. The van der Waals surface area contributed by atoms with Crippen molar-refractivity contribution in [2.45, 2.75) is 25.6 Å². The fourth-order valence-corrected chi connectivity index (χ4v) is 1.35. The highest BCUT2D eigenvalue weighted by atomic mass is 16.3. The van der Waals surface area contributed by atoms with Gasteiger partial charge in [0, 0.05) is 5.56 Å². The zero-order chi connectivity index (χ0) is 11.3. The Bertz CT molecular complexity index is 311. The molecule has 0 aliphatic rings. The first-order chi connectivity index (χ1) is 7.17. The first kappa shape index (κ1) is 12.0. The highest BCUT2D eigenvalue weighted by molar-refractivity contribution is 5.35. The van der Waals surface area contributed by atoms with Crippen molar-refractivity contribution in [2.24, 2.45) is 0 Å². The van der Waals surface area contributed by atoms with Gasteiger partial charge in [-0.05, 0) is 30.5 Å². The van der Waals surface area contributed by atoms with Gasteiger partial charge in [-0.25, -0.2) is 0 Å². The van der Waals surface area contributed by atoms with E-state index in [2.05, 4.69) is 0 Å². The summed E-state index contributed by atoms with van der Waals surface area (Å²) in [5.41, 5.74) is 1.40. The molecular weight excluding hydrogens is 196 g/mol. The molecule has 1 aromatic carbocycles. The maximum absolute atomic E-state index is 9.31. The summed E-state index contributed by atoms with van der Waals surface area (Å²) in [4.78, 5) is 0. The summed E-state index contributed by atoms with van der Waals surface area (Å²) < 4.78 is 0. The zero-order valence-electron chi connectivity index (χ0n) is 8.43. The fourth-order valence-electron chi connectivity index (χ4n) is 1.35. The largest absolute Gasteiger partial charge is 0.508 e. The van der Waals surface area contributed by atoms with Crippen molar-refractivity contribution in [3.05, 3.63) is 29.3 Å². The van der Waals surface area contributed by atoms with Crippen LogP contribution >= 0.6 is 0 Å². The first-order valence-corrected chi connectivity index (χ1v) is 4.88. The molecule has 0 bridgehead atoms. The molecule has 4 heteroatoms. The Morgan fingerprint density at radius 3 is 2.53 bits per heavy atom. The van der Waals surface area contributed by atoms with Gasteiger partial charge in [0.05, 0.1) is 19.3 Å². The average Bonchev–Trinajstić information content (AvgIpc) is 2.27. The maximum Gasteiger partial charge on any atom is 0.121 e. The molecule has 1 aromatic rings. The molecular formula is C11H16O4. The molecule has 0 aliphatic heterocycles. The Balaban J connectivity index is 2.62. The highest BCUT2D eigenvalue weighted by Crippen LogP contribution is 2.19. The van der Waals surface area contributed by atoms with Gasteiger partial charge in [-0.3, -0.25) is 0 Å². The summed E-state index contributed by atoms with van der Waals surface area (Å²) in [7, 11) is 0. The molecule has 1 rings (SSSR count). The summed E-state index contributed by atoms with van der Waals surface area (Å²) in [5.74, 6) is 0.0731. The minimum Gasteiger partial charge on any atom is -0.508 e. The summed E-state index contributed by atoms with van der Waals surface area (Å²) in [6, 6.07) is 4.95. The lowest BCUT2D eigenvalue weighted by Gasteiger charge is -2.08. The van der Waals surface area contributed by atoms with Crippen LogP contribution in [0.1, 0.15) is 17.5 Å². The van der Waals surface area contributed by atoms with Gasteiger partial charge in [-0.2, -0.15) is 0 Å². The van der Waals surface area contributed by atoms with Crippen LogP contribution in [0.3, 0.4) is 0 Å². The van der Waals surface area contributed by atoms with Crippen LogP contribution in [0.15, 0.2) is 18.2 Å². The molecule has 15 heavy (non-hydrogen) atoms. The molecule has 0 saturated carbocycles. The van der Waals surface area contributed by atoms with E-state index in [1.54, 1.807) is 12.1 Å². The Labute approximate surface area is 88.4 Å². The van der Waals surface area contributed by atoms with Crippen molar-refractivity contribution >= 4 is 0 Å². The lowest BCUT2D eigenvalue weighted by atomic mass is 10.0. The summed E-state index contributed by atoms with van der Waals surface area (Å²) in [6.45, 7) is -0.451. The molecule has 0 amide bonds. The number of hydrogen-bond acceptors (Lipinski definition) is 4. The second-order valence-corrected chi connectivity index (χ2v) is 3.50. The number of phenols is 1. The van der Waals surface area contributed by atoms with Crippen LogP contribution in [0.25, 0.3) is 0 Å². The van der Waals surface area contributed by atoms with E-state index in [4.69, 9.17) is 15.3 Å². The Kier molecular flexibility index (Phi) is 4.55. The van der Waals surface area contributed by atoms with Gasteiger partial charge in [0.15, 0.2) is 0 Å². The van der Waals surface area contributed by atoms with Gasteiger partial charge in [-0.15, -0.1) is 0 Å². The predicted molar refractivity (Wildman–Crippen MR) is 55.4 cm³/mol. The molecule has 1 atom stereocenters. The molecule has 4 N–H and O–H groups in total. The van der Waals surface area contributed by atoms with Gasteiger partial charge in [-0.1, -0.05) is 6.07 Å². The van der Waals surface area contributed by atoms with Gasteiger partial charge in [0.1, 0.15) is 5.75 Å². The number of hydrogen-bond donors (Lipinski definition) is 4. The molecule has 84 valence electrons. The monoisotopic (exact) mass is 212 g/mol. The summed E-state index contributed by atoms with van der Waals surface area (Å²) >= 11 is 0. The van der Waals surface area contributed by atoms with Gasteiger partial charge in [0.25, 0.3) is 0 Å². The third-order valence-corrected chi connectivity index (χ3v) is 2.29. The molecule has 0 aromatic heterocycles. The van der Waals surface area contributed by atoms with E-state index in [-0.39, 0.29) is 19.0 Å². The molecule has 1 unspecified atom stereocenters. The number of aromatic hydroxyl groups is 1. The van der Waals surface area contributed by atoms with Crippen molar-refractivity contribution < 1.29 is 20.4 Å². The van der Waals surface area contributed by atoms with Gasteiger partial charge in [0.2, 0.25) is 0 Å². The van der Waals surface area contributed by atoms with Crippen molar-refractivity contribution in [3.63, 3.8) is 0 Å². The van der Waals surface area contributed by atoms with E-state index in [1.807, 2.05) is 0 Å². The van der Waals surface area contributed by atoms with Crippen LogP contribution in [0, 0.1) is 0 Å². The molecule has 0 fully saturated rings. The average molecular weight is 212 g/mol. The van der Waals surface area contributed by atoms with Crippen molar-refractivity contribution in [2.75, 3.05) is 6.61 Å². The third-order valence-electron chi connectivity index (χ3n) is 2.29. The van der Waals surface area contributed by atoms with Crippen LogP contribution in [0.2, 0.25) is 0 Å². The minimum atomic E-state index is -0.712. The van der Waals surface area contributed by atoms with Crippen LogP contribution in [0.5, 0.6) is 5.75 Å². The van der Waals surface area contributed by atoms with Crippen molar-refractivity contribution in [1.82, 2.24) is 0 Å². The molecule has 0 saturated heterocycles. The van der Waals surface area contributed by atoms with Crippen LogP contribution in [-0.4, -0.2) is 33.1 Å². The van der Waals surface area contributed by atoms with E-state index in [0.29, 0.717) is 18.4 Å². The lowest BCUT2D eigenvalue weighted by molar-refractivity contribution is 0.0885. The van der Waals surface area contributed by atoms with E-state index >= 15 is 0 Å². The zero-order valence-corrected chi connectivity index (χ0v) is 8.43. The summed E-state index contributed by atoms with van der Waals surface area (Å²) in [6.07, 6.45) is 0.359. The molecule has 4 nitrogen and oxygen atoms in total. The Morgan fingerprint density at radius 2 is 1.93 bits per heavy atom. The smallest absolute Gasteiger partial charge is 0.121 e. The summed E-state index contributed by atoms with van der Waals surface area (Å²) in [5, 5.41) is 36.0. The Morgan fingerprint density at radius 1 is 1.20 bits per heavy atom. The maximum atomic E-state index is 9.31. The van der Waals surface area contributed by atoms with Crippen LogP contribution in [-0.2, 0) is 13.0 Å². The number of aryl methyl sites for hydroxylation is 1. The third kappa shape index (κ3) is 3.51. The van der Waals surface area contributed by atoms with Crippen molar-refractivity contribution in [1.29, 1.82) is 0 Å². The topological polar surface area (TPSA) is 80.9 Å². The van der Waals surface area contributed by atoms with E-state index < -0.39 is 6.10 Å². The van der Waals surface area contributed by atoms with E-state index in [1.165, 1.54) is 6.07 Å². The van der Waals surface area contributed by atoms with Gasteiger partial charge >= 0.3 is 0 Å². The predicted octanol–water partition coefficient (Wildman–Crippen LogP) is 0.170. The lowest BCUT2D eigenvalue weighted by Crippen LogP contribution is -2.12. The number of aliphatic hydroxyl groups excluding tert-OH is 3. The molecule has 0 heterocycles. The van der Waals surface area contributed by atoms with Crippen LogP contribution in [0.4, 0.5) is 0 Å². The van der Waals surface area contributed by atoms with Crippen molar-refractivity contribution in [3.8, 4) is 5.75 Å². The standard InChI is InChI=1S/C11H16O4/c12-6-9-5-8(2-4-11(9)15)1-3-10(14)7-13/h2,4-5,10,12-15H,1,3,6-7H2. The van der Waals surface area contributed by atoms with Crippen LogP contribution < -0.4 is 0 Å². The highest BCUT2D eigenvalue weighted by Gasteiger charge is 2.05. The second kappa shape index (κ2) is 5.70. The SMILES string of the molecule is OCc1cc(CCC(O)CO)ccc1O. The number of aliphatic hydroxyl groups is 3. The number of benzene rings is 1. The molecule has 0 spiro atoms. The first-order valence-electron chi connectivity index (χ1n) is 4.88. The fraction of sp³-hybridized carbons (Fsp3) is 0.455. The van der Waals surface area contributed by atoms with E-state index in [0.717, 1.165) is 5.56 Å². The Hall–Kier alpha value is -1.10. The quantitative estimate of drug-likeness (QED) is 0.561. The normalized spacial score (nSPS) is 12.7.